The largest absolute Gasteiger partial charge is 0.520 e. The molecule has 2 rings (SSSR count). The Hall–Kier alpha value is -1.42. The van der Waals surface area contributed by atoms with Crippen molar-refractivity contribution in [1.82, 2.24) is 0 Å². The van der Waals surface area contributed by atoms with Crippen LogP contribution in [-0.2, 0) is 15.6 Å². The Kier molecular flexibility index (Phi) is 4.98. The van der Waals surface area contributed by atoms with Gasteiger partial charge in [-0.25, -0.2) is 0 Å². The summed E-state index contributed by atoms with van der Waals surface area (Å²) in [5.41, 5.74) is 2.74. The first kappa shape index (κ1) is 16.0. The molecular formula is C17H26O3Si. The van der Waals surface area contributed by atoms with Crippen molar-refractivity contribution in [3.63, 3.8) is 0 Å². The summed E-state index contributed by atoms with van der Waals surface area (Å²) in [4.78, 5) is 0. The summed E-state index contributed by atoms with van der Waals surface area (Å²) < 4.78 is 17.0. The minimum absolute atomic E-state index is 0.379. The summed E-state index contributed by atoms with van der Waals surface area (Å²) in [5, 5.41) is 0. The lowest BCUT2D eigenvalue weighted by Crippen LogP contribution is -2.25. The van der Waals surface area contributed by atoms with Gasteiger partial charge >= 0.3 is 0 Å². The zero-order valence-corrected chi connectivity index (χ0v) is 14.7. The molecule has 0 amide bonds. The van der Waals surface area contributed by atoms with Gasteiger partial charge in [-0.2, -0.15) is 0 Å². The molecule has 0 unspecified atom stereocenters. The number of methoxy groups -OCH3 is 1. The fraction of sp³-hybridized carbons (Fsp3) is 0.529. The molecule has 3 nitrogen and oxygen atoms in total. The first-order valence-corrected chi connectivity index (χ1v) is 11.0. The van der Waals surface area contributed by atoms with Crippen LogP contribution >= 0.6 is 0 Å². The topological polar surface area (TPSA) is 27.7 Å². The Balaban J connectivity index is 2.21. The van der Waals surface area contributed by atoms with Crippen LogP contribution in [0.2, 0.25) is 19.6 Å². The minimum atomic E-state index is -1.65. The summed E-state index contributed by atoms with van der Waals surface area (Å²) in [5.74, 6) is 2.01. The Labute approximate surface area is 129 Å². The molecule has 1 aliphatic rings. The molecular weight excluding hydrogens is 280 g/mol. The summed E-state index contributed by atoms with van der Waals surface area (Å²) in [7, 11) is 0.0623. The van der Waals surface area contributed by atoms with E-state index >= 15 is 0 Å². The van der Waals surface area contributed by atoms with Crippen molar-refractivity contribution in [2.24, 2.45) is 0 Å². The molecule has 1 aromatic carbocycles. The lowest BCUT2D eigenvalue weighted by molar-refractivity contribution is 0.110. The first-order valence-electron chi connectivity index (χ1n) is 7.63. The number of fused-ring (bicyclic) bond motifs is 1. The standard InChI is InChI=1S/C17H26O3Si/c1-6-19-17(20-21(3,4)5)12-14-8-7-13-11-15(18-2)9-10-16(13)14/h9-12,14H,6-8H2,1-5H3/b17-12-/t14-/m0/s1. The Morgan fingerprint density at radius 2 is 2.10 bits per heavy atom. The average Bonchev–Trinajstić information content (AvgIpc) is 2.79. The highest BCUT2D eigenvalue weighted by molar-refractivity contribution is 6.70. The molecule has 1 atom stereocenters. The highest BCUT2D eigenvalue weighted by atomic mass is 28.4. The second kappa shape index (κ2) is 6.56. The molecule has 21 heavy (non-hydrogen) atoms. The third-order valence-corrected chi connectivity index (χ3v) is 4.32. The van der Waals surface area contributed by atoms with E-state index in [1.54, 1.807) is 7.11 Å². The van der Waals surface area contributed by atoms with Crippen LogP contribution in [0.25, 0.3) is 0 Å². The second-order valence-electron chi connectivity index (χ2n) is 6.34. The molecule has 0 saturated heterocycles. The average molecular weight is 306 g/mol. The number of ether oxygens (including phenoxy) is 2. The van der Waals surface area contributed by atoms with E-state index < -0.39 is 8.32 Å². The zero-order chi connectivity index (χ0) is 15.5. The second-order valence-corrected chi connectivity index (χ2v) is 10.8. The predicted octanol–water partition coefficient (Wildman–Crippen LogP) is 4.45. The maximum absolute atomic E-state index is 6.05. The van der Waals surface area contributed by atoms with Crippen LogP contribution in [0.1, 0.15) is 30.4 Å². The van der Waals surface area contributed by atoms with E-state index in [1.165, 1.54) is 11.1 Å². The van der Waals surface area contributed by atoms with Gasteiger partial charge in [-0.1, -0.05) is 6.07 Å². The maximum atomic E-state index is 6.05. The highest BCUT2D eigenvalue weighted by Gasteiger charge is 2.24. The van der Waals surface area contributed by atoms with Crippen LogP contribution < -0.4 is 4.74 Å². The molecule has 0 aromatic heterocycles. The van der Waals surface area contributed by atoms with E-state index in [9.17, 15) is 0 Å². The molecule has 0 aliphatic heterocycles. The van der Waals surface area contributed by atoms with Crippen molar-refractivity contribution < 1.29 is 13.9 Å². The predicted molar refractivity (Wildman–Crippen MR) is 88.2 cm³/mol. The Morgan fingerprint density at radius 3 is 2.71 bits per heavy atom. The van der Waals surface area contributed by atoms with Crippen molar-refractivity contribution >= 4 is 8.32 Å². The van der Waals surface area contributed by atoms with Gasteiger partial charge in [0.1, 0.15) is 5.75 Å². The first-order chi connectivity index (χ1) is 9.93. The van der Waals surface area contributed by atoms with Crippen LogP contribution in [0.3, 0.4) is 0 Å². The monoisotopic (exact) mass is 306 g/mol. The number of hydrogen-bond donors (Lipinski definition) is 0. The number of aryl methyl sites for hydroxylation is 1. The molecule has 4 heteroatoms. The van der Waals surface area contributed by atoms with Gasteiger partial charge in [0.25, 0.3) is 5.95 Å². The van der Waals surface area contributed by atoms with Crippen molar-refractivity contribution in [1.29, 1.82) is 0 Å². The van der Waals surface area contributed by atoms with Crippen LogP contribution in [-0.4, -0.2) is 22.0 Å². The van der Waals surface area contributed by atoms with Crippen LogP contribution in [0.4, 0.5) is 0 Å². The quantitative estimate of drug-likeness (QED) is 0.574. The molecule has 1 aliphatic carbocycles. The van der Waals surface area contributed by atoms with Gasteiger partial charge in [0, 0.05) is 12.0 Å². The number of benzene rings is 1. The van der Waals surface area contributed by atoms with E-state index in [2.05, 4.69) is 37.8 Å². The van der Waals surface area contributed by atoms with E-state index in [4.69, 9.17) is 13.9 Å². The van der Waals surface area contributed by atoms with Gasteiger partial charge in [-0.15, -0.1) is 0 Å². The minimum Gasteiger partial charge on any atom is -0.520 e. The molecule has 1 aromatic rings. The molecule has 116 valence electrons. The van der Waals surface area contributed by atoms with Crippen molar-refractivity contribution in [2.45, 2.75) is 45.3 Å². The smallest absolute Gasteiger partial charge is 0.261 e. The molecule has 0 heterocycles. The summed E-state index contributed by atoms with van der Waals surface area (Å²) >= 11 is 0. The van der Waals surface area contributed by atoms with E-state index in [1.807, 2.05) is 13.0 Å². The van der Waals surface area contributed by atoms with E-state index in [0.29, 0.717) is 18.5 Å². The molecule has 0 saturated carbocycles. The number of hydrogen-bond acceptors (Lipinski definition) is 3. The van der Waals surface area contributed by atoms with Gasteiger partial charge in [0.2, 0.25) is 8.32 Å². The lowest BCUT2D eigenvalue weighted by atomic mass is 10.0. The van der Waals surface area contributed by atoms with Crippen molar-refractivity contribution in [2.75, 3.05) is 13.7 Å². The fourth-order valence-corrected chi connectivity index (χ4v) is 3.38. The lowest BCUT2D eigenvalue weighted by Gasteiger charge is -2.22. The van der Waals surface area contributed by atoms with Gasteiger partial charge in [0.15, 0.2) is 0 Å². The Morgan fingerprint density at radius 1 is 1.33 bits per heavy atom. The molecule has 0 fully saturated rings. The summed E-state index contributed by atoms with van der Waals surface area (Å²) in [6.07, 6.45) is 4.34. The number of allylic oxidation sites excluding steroid dienone is 1. The highest BCUT2D eigenvalue weighted by Crippen LogP contribution is 2.37. The van der Waals surface area contributed by atoms with Gasteiger partial charge in [-0.3, -0.25) is 0 Å². The SMILES string of the molecule is CCO/C(=C/[C@@H]1CCc2cc(OC)ccc21)O[Si](C)(C)C. The summed E-state index contributed by atoms with van der Waals surface area (Å²) in [6, 6.07) is 6.34. The van der Waals surface area contributed by atoms with Crippen LogP contribution in [0.15, 0.2) is 30.2 Å². The molecule has 0 radical (unpaired) electrons. The van der Waals surface area contributed by atoms with Crippen molar-refractivity contribution in [3.05, 3.63) is 41.3 Å². The van der Waals surface area contributed by atoms with Crippen molar-refractivity contribution in [3.8, 4) is 5.75 Å². The summed E-state index contributed by atoms with van der Waals surface area (Å²) in [6.45, 7) is 9.15. The normalized spacial score (nSPS) is 18.3. The van der Waals surface area contributed by atoms with Gasteiger partial charge < -0.3 is 13.9 Å². The number of rotatable bonds is 6. The zero-order valence-electron chi connectivity index (χ0n) is 13.7. The van der Waals surface area contributed by atoms with Gasteiger partial charge in [0.05, 0.1) is 13.7 Å². The third kappa shape index (κ3) is 4.27. The van der Waals surface area contributed by atoms with E-state index in [-0.39, 0.29) is 0 Å². The van der Waals surface area contributed by atoms with Gasteiger partial charge in [-0.05, 0) is 62.7 Å². The molecule has 0 spiro atoms. The van der Waals surface area contributed by atoms with E-state index in [0.717, 1.165) is 18.6 Å². The molecule has 0 N–H and O–H groups in total. The Bertz CT molecular complexity index is 517. The fourth-order valence-electron chi connectivity index (χ4n) is 2.65. The maximum Gasteiger partial charge on any atom is 0.261 e. The third-order valence-electron chi connectivity index (χ3n) is 3.50. The molecule has 0 bridgehead atoms. The van der Waals surface area contributed by atoms with Crippen LogP contribution in [0.5, 0.6) is 5.75 Å². The van der Waals surface area contributed by atoms with Crippen LogP contribution in [0, 0.1) is 0 Å².